The van der Waals surface area contributed by atoms with Crippen molar-refractivity contribution in [3.63, 3.8) is 0 Å². The van der Waals surface area contributed by atoms with E-state index in [1.165, 1.54) is 0 Å². The summed E-state index contributed by atoms with van der Waals surface area (Å²) in [7, 11) is 0. The highest BCUT2D eigenvalue weighted by atomic mass is 35.5. The molecule has 1 aromatic carbocycles. The number of rotatable bonds is 4. The predicted molar refractivity (Wildman–Crippen MR) is 111 cm³/mol. The molecule has 0 spiro atoms. The van der Waals surface area contributed by atoms with Crippen LogP contribution in [0.5, 0.6) is 0 Å². The van der Waals surface area contributed by atoms with E-state index in [1.54, 1.807) is 12.1 Å². The second kappa shape index (κ2) is 8.21. The quantitative estimate of drug-likeness (QED) is 0.680. The molecule has 1 aromatic heterocycles. The van der Waals surface area contributed by atoms with E-state index in [0.717, 1.165) is 11.4 Å². The number of halogens is 3. The average molecular weight is 428 g/mol. The third-order valence-corrected chi connectivity index (χ3v) is 5.88. The Balaban J connectivity index is 1.66. The molecule has 1 fully saturated rings. The Kier molecular flexibility index (Phi) is 6.14. The maximum Gasteiger partial charge on any atom is 0.229 e. The Bertz CT molecular complexity index is 818. The van der Waals surface area contributed by atoms with Crippen molar-refractivity contribution >= 4 is 46.5 Å². The zero-order chi connectivity index (χ0) is 19.6. The molecule has 2 aromatic rings. The van der Waals surface area contributed by atoms with Gasteiger partial charge < -0.3 is 9.80 Å². The van der Waals surface area contributed by atoms with Gasteiger partial charge in [0.15, 0.2) is 5.82 Å². The smallest absolute Gasteiger partial charge is 0.229 e. The van der Waals surface area contributed by atoms with Crippen molar-refractivity contribution in [2.75, 3.05) is 37.0 Å². The molecule has 1 amide bonds. The Hall–Kier alpha value is -1.56. The van der Waals surface area contributed by atoms with Gasteiger partial charge in [-0.2, -0.15) is 0 Å². The Morgan fingerprint density at radius 1 is 1.07 bits per heavy atom. The highest BCUT2D eigenvalue weighted by Gasteiger charge is 2.33. The molecular weight excluding hydrogens is 407 g/mol. The van der Waals surface area contributed by atoms with E-state index in [0.29, 0.717) is 47.8 Å². The first-order chi connectivity index (χ1) is 12.8. The second-order valence-electron chi connectivity index (χ2n) is 7.20. The second-order valence-corrected chi connectivity index (χ2v) is 8.31. The monoisotopic (exact) mass is 426 g/mol. The molecule has 3 rings (SSSR count). The van der Waals surface area contributed by atoms with Crippen LogP contribution in [0, 0.1) is 5.41 Å². The summed E-state index contributed by atoms with van der Waals surface area (Å²) in [4.78, 5) is 16.5. The molecule has 0 atom stereocenters. The van der Waals surface area contributed by atoms with E-state index < -0.39 is 5.41 Å². The van der Waals surface area contributed by atoms with E-state index in [9.17, 15) is 4.79 Å². The first kappa shape index (κ1) is 20.2. The molecule has 1 aliphatic rings. The van der Waals surface area contributed by atoms with Crippen molar-refractivity contribution in [3.8, 4) is 11.3 Å². The van der Waals surface area contributed by atoms with Gasteiger partial charge in [-0.3, -0.25) is 4.79 Å². The van der Waals surface area contributed by atoms with Gasteiger partial charge in [0.25, 0.3) is 0 Å². The molecular formula is C19H21Cl3N4O. The lowest BCUT2D eigenvalue weighted by Gasteiger charge is -2.38. The minimum Gasteiger partial charge on any atom is -0.352 e. The summed E-state index contributed by atoms with van der Waals surface area (Å²) in [6.45, 7) is 6.46. The molecule has 0 unspecified atom stereocenters. The standard InChI is InChI=1S/C19H21Cl3N4O/c1-19(2,12-20)18(27)26-9-7-25(8-10-26)17-6-5-16(23-24-17)14-4-3-13(21)11-15(14)22/h3-6,11H,7-10,12H2,1-2H3. The number of hydrogen-bond acceptors (Lipinski definition) is 4. The zero-order valence-electron chi connectivity index (χ0n) is 15.3. The Morgan fingerprint density at radius 3 is 2.33 bits per heavy atom. The lowest BCUT2D eigenvalue weighted by molar-refractivity contribution is -0.139. The van der Waals surface area contributed by atoms with Crippen molar-refractivity contribution in [3.05, 3.63) is 40.4 Å². The van der Waals surface area contributed by atoms with Gasteiger partial charge in [-0.15, -0.1) is 21.8 Å². The van der Waals surface area contributed by atoms with E-state index in [-0.39, 0.29) is 5.91 Å². The summed E-state index contributed by atoms with van der Waals surface area (Å²) in [6, 6.07) is 9.11. The number of aromatic nitrogens is 2. The number of carbonyl (C=O) groups is 1. The predicted octanol–water partition coefficient (Wildman–Crippen LogP) is 4.36. The molecule has 8 heteroatoms. The van der Waals surface area contributed by atoms with Gasteiger partial charge in [0, 0.05) is 42.6 Å². The largest absolute Gasteiger partial charge is 0.352 e. The highest BCUT2D eigenvalue weighted by molar-refractivity contribution is 6.36. The molecule has 144 valence electrons. The van der Waals surface area contributed by atoms with E-state index in [2.05, 4.69) is 15.1 Å². The number of carbonyl (C=O) groups excluding carboxylic acids is 1. The van der Waals surface area contributed by atoms with Crippen LogP contribution in [-0.4, -0.2) is 53.1 Å². The molecule has 2 heterocycles. The van der Waals surface area contributed by atoms with Gasteiger partial charge in [-0.1, -0.05) is 23.2 Å². The molecule has 5 nitrogen and oxygen atoms in total. The fourth-order valence-corrected chi connectivity index (χ4v) is 3.58. The number of anilines is 1. The van der Waals surface area contributed by atoms with Gasteiger partial charge in [-0.05, 0) is 44.2 Å². The fraction of sp³-hybridized carbons (Fsp3) is 0.421. The first-order valence-electron chi connectivity index (χ1n) is 8.71. The van der Waals surface area contributed by atoms with Crippen molar-refractivity contribution < 1.29 is 4.79 Å². The summed E-state index contributed by atoms with van der Waals surface area (Å²) in [5, 5.41) is 9.76. The Morgan fingerprint density at radius 2 is 1.78 bits per heavy atom. The molecule has 0 radical (unpaired) electrons. The lowest BCUT2D eigenvalue weighted by Crippen LogP contribution is -2.52. The summed E-state index contributed by atoms with van der Waals surface area (Å²) < 4.78 is 0. The van der Waals surface area contributed by atoms with Gasteiger partial charge in [0.05, 0.1) is 16.1 Å². The molecule has 1 saturated heterocycles. The first-order valence-corrected chi connectivity index (χ1v) is 10.0. The third kappa shape index (κ3) is 4.48. The van der Waals surface area contributed by atoms with E-state index >= 15 is 0 Å². The molecule has 0 bridgehead atoms. The number of alkyl halides is 1. The van der Waals surface area contributed by atoms with Crippen LogP contribution in [0.3, 0.4) is 0 Å². The van der Waals surface area contributed by atoms with Crippen LogP contribution >= 0.6 is 34.8 Å². The van der Waals surface area contributed by atoms with Crippen LogP contribution in [0.15, 0.2) is 30.3 Å². The Labute approximate surface area is 174 Å². The minimum atomic E-state index is -0.539. The fourth-order valence-electron chi connectivity index (χ4n) is 2.96. The molecule has 1 aliphatic heterocycles. The van der Waals surface area contributed by atoms with Crippen molar-refractivity contribution in [1.29, 1.82) is 0 Å². The van der Waals surface area contributed by atoms with Crippen LogP contribution in [0.1, 0.15) is 13.8 Å². The van der Waals surface area contributed by atoms with Crippen LogP contribution in [0.25, 0.3) is 11.3 Å². The van der Waals surface area contributed by atoms with Crippen molar-refractivity contribution in [2.24, 2.45) is 5.41 Å². The number of piperazine rings is 1. The van der Waals surface area contributed by atoms with Gasteiger partial charge in [0.1, 0.15) is 0 Å². The summed E-state index contributed by atoms with van der Waals surface area (Å²) in [6.07, 6.45) is 0. The third-order valence-electron chi connectivity index (χ3n) is 4.66. The van der Waals surface area contributed by atoms with Crippen molar-refractivity contribution in [1.82, 2.24) is 15.1 Å². The number of hydrogen-bond donors (Lipinski definition) is 0. The molecule has 0 saturated carbocycles. The van der Waals surface area contributed by atoms with Crippen LogP contribution < -0.4 is 4.90 Å². The lowest BCUT2D eigenvalue weighted by atomic mass is 9.94. The number of amides is 1. The average Bonchev–Trinajstić information content (AvgIpc) is 2.68. The van der Waals surface area contributed by atoms with Crippen LogP contribution in [0.2, 0.25) is 10.0 Å². The maximum absolute atomic E-state index is 12.5. The maximum atomic E-state index is 12.5. The zero-order valence-corrected chi connectivity index (χ0v) is 17.5. The highest BCUT2D eigenvalue weighted by Crippen LogP contribution is 2.29. The topological polar surface area (TPSA) is 49.3 Å². The number of nitrogens with zero attached hydrogens (tertiary/aromatic N) is 4. The summed E-state index contributed by atoms with van der Waals surface area (Å²) >= 11 is 18.1. The normalized spacial score (nSPS) is 15.1. The van der Waals surface area contributed by atoms with Gasteiger partial charge in [0.2, 0.25) is 5.91 Å². The molecule has 0 N–H and O–H groups in total. The van der Waals surface area contributed by atoms with Gasteiger partial charge in [-0.25, -0.2) is 0 Å². The summed E-state index contributed by atoms with van der Waals surface area (Å²) in [5.74, 6) is 1.19. The van der Waals surface area contributed by atoms with Crippen molar-refractivity contribution in [2.45, 2.75) is 13.8 Å². The SMILES string of the molecule is CC(C)(CCl)C(=O)N1CCN(c2ccc(-c3ccc(Cl)cc3Cl)nn2)CC1. The van der Waals surface area contributed by atoms with Gasteiger partial charge >= 0.3 is 0 Å². The van der Waals surface area contributed by atoms with Crippen LogP contribution in [0.4, 0.5) is 5.82 Å². The minimum absolute atomic E-state index is 0.0935. The number of benzene rings is 1. The van der Waals surface area contributed by atoms with Crippen LogP contribution in [-0.2, 0) is 4.79 Å². The summed E-state index contributed by atoms with van der Waals surface area (Å²) in [5.41, 5.74) is 0.945. The molecule has 0 aliphatic carbocycles. The van der Waals surface area contributed by atoms with E-state index in [4.69, 9.17) is 34.8 Å². The molecule has 27 heavy (non-hydrogen) atoms. The van der Waals surface area contributed by atoms with E-state index in [1.807, 2.05) is 36.9 Å².